The van der Waals surface area contributed by atoms with Gasteiger partial charge in [-0.1, -0.05) is 18.2 Å². The van der Waals surface area contributed by atoms with Crippen molar-refractivity contribution in [1.82, 2.24) is 4.98 Å². The van der Waals surface area contributed by atoms with Crippen LogP contribution in [0, 0.1) is 16.5 Å². The number of aromatic amines is 1. The van der Waals surface area contributed by atoms with Gasteiger partial charge < -0.3 is 14.9 Å². The molecule has 0 saturated heterocycles. The van der Waals surface area contributed by atoms with E-state index in [4.69, 9.17) is 4.74 Å². The molecule has 1 N–H and O–H groups in total. The number of hydrogen-bond donors (Lipinski definition) is 1. The molecular weight excluding hydrogens is 278 g/mol. The van der Waals surface area contributed by atoms with Gasteiger partial charge in [0.15, 0.2) is 12.4 Å². The zero-order chi connectivity index (χ0) is 15.5. The van der Waals surface area contributed by atoms with Crippen LogP contribution in [0.25, 0.3) is 22.6 Å². The van der Waals surface area contributed by atoms with E-state index in [0.29, 0.717) is 21.6 Å². The average Bonchev–Trinajstić information content (AvgIpc) is 2.97. The summed E-state index contributed by atoms with van der Waals surface area (Å²) in [6.07, 6.45) is 6.18. The lowest BCUT2D eigenvalue weighted by Gasteiger charge is -2.05. The van der Waals surface area contributed by atoms with E-state index in [9.17, 15) is 10.5 Å². The van der Waals surface area contributed by atoms with Crippen LogP contribution in [0.1, 0.15) is 11.1 Å². The Bertz CT molecular complexity index is 904. The van der Waals surface area contributed by atoms with Crippen LogP contribution in [0.2, 0.25) is 0 Å². The Hall–Kier alpha value is -3.26. The Balaban J connectivity index is 2.16. The minimum atomic E-state index is 0.460. The van der Waals surface area contributed by atoms with Crippen LogP contribution in [0.3, 0.4) is 0 Å². The maximum atomic E-state index is 11.5. The third kappa shape index (κ3) is 2.38. The van der Waals surface area contributed by atoms with E-state index in [1.54, 1.807) is 18.3 Å². The first-order valence-corrected chi connectivity index (χ1v) is 6.68. The fourth-order valence-electron chi connectivity index (χ4n) is 2.40. The van der Waals surface area contributed by atoms with E-state index >= 15 is 0 Å². The average molecular weight is 291 g/mol. The van der Waals surface area contributed by atoms with Gasteiger partial charge in [-0.3, -0.25) is 0 Å². The quantitative estimate of drug-likeness (QED) is 0.458. The van der Waals surface area contributed by atoms with Crippen molar-refractivity contribution in [2.45, 2.75) is 0 Å². The number of fused-ring (bicyclic) bond motifs is 1. The summed E-state index contributed by atoms with van der Waals surface area (Å²) in [4.78, 5) is 3.14. The van der Waals surface area contributed by atoms with Gasteiger partial charge in [0.25, 0.3) is 0 Å². The number of hydrogen-bond acceptors (Lipinski definition) is 3. The molecule has 22 heavy (non-hydrogen) atoms. The molecule has 0 spiro atoms. The Labute approximate surface area is 127 Å². The summed E-state index contributed by atoms with van der Waals surface area (Å²) in [5.41, 5.74) is 2.77. The van der Waals surface area contributed by atoms with Crippen LogP contribution < -0.4 is 9.47 Å². The molecule has 3 aromatic rings. The fraction of sp³-hybridized carbons (Fsp3) is 0.0588. The van der Waals surface area contributed by atoms with Gasteiger partial charge in [-0.05, 0) is 12.1 Å². The number of aromatic nitrogens is 2. The minimum Gasteiger partial charge on any atom is -0.619 e. The van der Waals surface area contributed by atoms with Gasteiger partial charge in [0, 0.05) is 28.7 Å². The van der Waals surface area contributed by atoms with Gasteiger partial charge >= 0.3 is 0 Å². The van der Waals surface area contributed by atoms with Crippen molar-refractivity contribution in [2.75, 3.05) is 7.11 Å². The Morgan fingerprint density at radius 2 is 2.18 bits per heavy atom. The first-order chi connectivity index (χ1) is 10.7. The molecule has 0 aliphatic heterocycles. The number of H-pyrrole nitrogens is 1. The summed E-state index contributed by atoms with van der Waals surface area (Å²) in [5, 5.41) is 21.9. The number of methoxy groups -OCH3 is 1. The van der Waals surface area contributed by atoms with Crippen molar-refractivity contribution in [1.29, 1.82) is 5.26 Å². The second-order valence-electron chi connectivity index (χ2n) is 4.75. The minimum absolute atomic E-state index is 0.460. The van der Waals surface area contributed by atoms with Crippen molar-refractivity contribution in [3.05, 3.63) is 65.3 Å². The molecule has 0 aliphatic carbocycles. The highest BCUT2D eigenvalue weighted by Gasteiger charge is 2.11. The maximum absolute atomic E-state index is 11.5. The highest BCUT2D eigenvalue weighted by molar-refractivity contribution is 6.01. The van der Waals surface area contributed by atoms with Gasteiger partial charge in [0.05, 0.1) is 24.3 Å². The Morgan fingerprint density at radius 3 is 2.95 bits per heavy atom. The monoisotopic (exact) mass is 291 g/mol. The van der Waals surface area contributed by atoms with Crippen LogP contribution in [0.5, 0.6) is 5.75 Å². The first kappa shape index (κ1) is 13.7. The predicted molar refractivity (Wildman–Crippen MR) is 83.7 cm³/mol. The summed E-state index contributed by atoms with van der Waals surface area (Å²) in [6.45, 7) is 0. The predicted octanol–water partition coefficient (Wildman–Crippen LogP) is 2.87. The number of nitrogens with one attached hydrogen (secondary N) is 1. The number of nitrogens with zero attached hydrogens (tertiary/aromatic N) is 2. The third-order valence-corrected chi connectivity index (χ3v) is 3.44. The standard InChI is InChI=1S/C17H13N3O2/c1-22-17-6-7-20(21)11-13(17)8-12(9-18)15-10-19-16-5-3-2-4-14(15)16/h2-8,10-11,19H,1H3. The van der Waals surface area contributed by atoms with Crippen molar-refractivity contribution in [2.24, 2.45) is 0 Å². The largest absolute Gasteiger partial charge is 0.619 e. The van der Waals surface area contributed by atoms with Crippen molar-refractivity contribution >= 4 is 22.6 Å². The zero-order valence-electron chi connectivity index (χ0n) is 11.9. The van der Waals surface area contributed by atoms with Gasteiger partial charge in [-0.2, -0.15) is 9.99 Å². The second-order valence-corrected chi connectivity index (χ2v) is 4.75. The van der Waals surface area contributed by atoms with Crippen LogP contribution in [-0.4, -0.2) is 12.1 Å². The lowest BCUT2D eigenvalue weighted by atomic mass is 10.0. The van der Waals surface area contributed by atoms with E-state index in [-0.39, 0.29) is 0 Å². The second kappa shape index (κ2) is 5.62. The summed E-state index contributed by atoms with van der Waals surface area (Å²) in [5.74, 6) is 0.541. The summed E-state index contributed by atoms with van der Waals surface area (Å²) < 4.78 is 5.92. The van der Waals surface area contributed by atoms with E-state index in [1.165, 1.54) is 19.5 Å². The number of benzene rings is 1. The van der Waals surface area contributed by atoms with Crippen LogP contribution in [-0.2, 0) is 0 Å². The first-order valence-electron chi connectivity index (χ1n) is 6.68. The molecule has 0 unspecified atom stereocenters. The van der Waals surface area contributed by atoms with E-state index in [1.807, 2.05) is 24.3 Å². The van der Waals surface area contributed by atoms with Gasteiger partial charge in [-0.25, -0.2) is 0 Å². The van der Waals surface area contributed by atoms with Gasteiger partial charge in [0.1, 0.15) is 5.75 Å². The molecule has 5 nitrogen and oxygen atoms in total. The lowest BCUT2D eigenvalue weighted by Crippen LogP contribution is -2.24. The summed E-state index contributed by atoms with van der Waals surface area (Å²) in [6, 6.07) is 11.5. The highest BCUT2D eigenvalue weighted by Crippen LogP contribution is 2.28. The molecule has 0 fully saturated rings. The Morgan fingerprint density at radius 1 is 1.36 bits per heavy atom. The number of para-hydroxylation sites is 1. The molecule has 0 saturated carbocycles. The molecule has 5 heteroatoms. The molecule has 108 valence electrons. The fourth-order valence-corrected chi connectivity index (χ4v) is 2.40. The van der Waals surface area contributed by atoms with E-state index in [0.717, 1.165) is 16.5 Å². The zero-order valence-corrected chi connectivity index (χ0v) is 11.9. The van der Waals surface area contributed by atoms with Crippen molar-refractivity contribution < 1.29 is 9.47 Å². The summed E-state index contributed by atoms with van der Waals surface area (Å²) >= 11 is 0. The van der Waals surface area contributed by atoms with E-state index < -0.39 is 0 Å². The number of pyridine rings is 1. The van der Waals surface area contributed by atoms with Gasteiger partial charge in [0.2, 0.25) is 0 Å². The maximum Gasteiger partial charge on any atom is 0.191 e. The molecule has 3 rings (SSSR count). The lowest BCUT2D eigenvalue weighted by molar-refractivity contribution is -0.605. The molecule has 0 amide bonds. The number of nitriles is 1. The molecule has 2 heterocycles. The van der Waals surface area contributed by atoms with Crippen LogP contribution in [0.4, 0.5) is 0 Å². The highest BCUT2D eigenvalue weighted by atomic mass is 16.5. The topological polar surface area (TPSA) is 75.8 Å². The molecule has 0 radical (unpaired) electrons. The SMILES string of the molecule is COc1cc[n+]([O-])cc1C=C(C#N)c1c[nH]c2ccccc12. The Kier molecular flexibility index (Phi) is 3.50. The smallest absolute Gasteiger partial charge is 0.191 e. The normalized spacial score (nSPS) is 11.4. The summed E-state index contributed by atoms with van der Waals surface area (Å²) in [7, 11) is 1.53. The van der Waals surface area contributed by atoms with Crippen LogP contribution in [0.15, 0.2) is 48.9 Å². The number of allylic oxidation sites excluding steroid dienone is 1. The molecule has 0 aliphatic rings. The van der Waals surface area contributed by atoms with Crippen molar-refractivity contribution in [3.8, 4) is 11.8 Å². The molecule has 0 bridgehead atoms. The molecule has 0 atom stereocenters. The molecule has 2 aromatic heterocycles. The molecule has 1 aromatic carbocycles. The number of rotatable bonds is 3. The van der Waals surface area contributed by atoms with Crippen LogP contribution >= 0.6 is 0 Å². The number of ether oxygens (including phenoxy) is 1. The van der Waals surface area contributed by atoms with Gasteiger partial charge in [-0.15, -0.1) is 0 Å². The van der Waals surface area contributed by atoms with E-state index in [2.05, 4.69) is 11.1 Å². The van der Waals surface area contributed by atoms with Crippen molar-refractivity contribution in [3.63, 3.8) is 0 Å². The third-order valence-electron chi connectivity index (χ3n) is 3.44. The molecular formula is C17H13N3O2.